The fourth-order valence-electron chi connectivity index (χ4n) is 3.86. The van der Waals surface area contributed by atoms with Gasteiger partial charge in [-0.25, -0.2) is 4.98 Å². The molecule has 4 rings (SSSR count). The third-order valence-corrected chi connectivity index (χ3v) is 5.74. The molecule has 1 atom stereocenters. The van der Waals surface area contributed by atoms with Crippen LogP contribution >= 0.6 is 12.4 Å². The van der Waals surface area contributed by atoms with Gasteiger partial charge in [-0.3, -0.25) is 0 Å². The minimum atomic E-state index is -0.582. The number of imidazole rings is 1. The summed E-state index contributed by atoms with van der Waals surface area (Å²) >= 11 is 0. The molecule has 1 saturated carbocycles. The third-order valence-electron chi connectivity index (χ3n) is 5.74. The molecule has 3 aromatic rings. The summed E-state index contributed by atoms with van der Waals surface area (Å²) in [6.45, 7) is 7.01. The van der Waals surface area contributed by atoms with Crippen molar-refractivity contribution in [2.24, 2.45) is 0 Å². The first-order valence-electron chi connectivity index (χ1n) is 9.87. The fraction of sp³-hybridized carbons (Fsp3) is 0.435. The first-order chi connectivity index (χ1) is 13.0. The molecule has 1 heterocycles. The maximum atomic E-state index is 10.7. The highest BCUT2D eigenvalue weighted by Crippen LogP contribution is 2.37. The fourth-order valence-corrected chi connectivity index (χ4v) is 3.86. The van der Waals surface area contributed by atoms with Crippen molar-refractivity contribution in [1.29, 1.82) is 0 Å². The second-order valence-electron chi connectivity index (χ2n) is 7.87. The van der Waals surface area contributed by atoms with Crippen LogP contribution in [0.15, 0.2) is 36.4 Å². The van der Waals surface area contributed by atoms with Crippen molar-refractivity contribution in [2.45, 2.75) is 58.6 Å². The van der Waals surface area contributed by atoms with E-state index < -0.39 is 6.10 Å². The highest BCUT2D eigenvalue weighted by atomic mass is 35.5. The van der Waals surface area contributed by atoms with E-state index in [9.17, 15) is 5.11 Å². The number of nitrogens with zero attached hydrogens (tertiary/aromatic N) is 2. The third kappa shape index (κ3) is 4.03. The Balaban J connectivity index is 0.00000225. The molecule has 1 fully saturated rings. The number of aryl methyl sites for hydroxylation is 2. The molecule has 0 aliphatic heterocycles. The molecule has 0 amide bonds. The van der Waals surface area contributed by atoms with Crippen LogP contribution in [0.5, 0.6) is 5.75 Å². The maximum absolute atomic E-state index is 10.7. The zero-order chi connectivity index (χ0) is 19.0. The minimum Gasteiger partial charge on any atom is -0.491 e. The molecule has 1 aliphatic carbocycles. The number of hydrogen-bond acceptors (Lipinski definition) is 3. The number of halogens is 1. The van der Waals surface area contributed by atoms with E-state index in [1.807, 2.05) is 18.2 Å². The molecule has 1 unspecified atom stereocenters. The number of benzene rings is 2. The Morgan fingerprint density at radius 3 is 2.64 bits per heavy atom. The number of aliphatic hydroxyl groups excluding tert-OH is 1. The topological polar surface area (TPSA) is 47.3 Å². The summed E-state index contributed by atoms with van der Waals surface area (Å²) in [6.07, 6.45) is 3.07. The Kier molecular flexibility index (Phi) is 6.31. The standard InChI is InChI=1S/C23H28N2O2.ClH/c1-15-11-16(2)17(3)22(12-15)27-14-19(26)13-25-21-10-5-4-9-20(21)24-23(25)18-7-6-8-18;/h4-5,9-12,18-19,26H,6-8,13-14H2,1-3H3;1H. The average molecular weight is 401 g/mol. The van der Waals surface area contributed by atoms with Gasteiger partial charge < -0.3 is 14.4 Å². The largest absolute Gasteiger partial charge is 0.491 e. The van der Waals surface area contributed by atoms with Crippen molar-refractivity contribution in [2.75, 3.05) is 6.61 Å². The molecule has 2 aromatic carbocycles. The number of fused-ring (bicyclic) bond motifs is 1. The second kappa shape index (κ2) is 8.54. The zero-order valence-electron chi connectivity index (χ0n) is 16.8. The van der Waals surface area contributed by atoms with Gasteiger partial charge in [-0.2, -0.15) is 0 Å². The van der Waals surface area contributed by atoms with Crippen molar-refractivity contribution in [3.05, 3.63) is 58.9 Å². The number of rotatable bonds is 6. The summed E-state index contributed by atoms with van der Waals surface area (Å²) in [7, 11) is 0. The van der Waals surface area contributed by atoms with Gasteiger partial charge in [0.25, 0.3) is 0 Å². The number of aromatic nitrogens is 2. The summed E-state index contributed by atoms with van der Waals surface area (Å²) in [6, 6.07) is 12.4. The van der Waals surface area contributed by atoms with Crippen molar-refractivity contribution in [3.8, 4) is 5.75 Å². The van der Waals surface area contributed by atoms with E-state index in [1.165, 1.54) is 30.4 Å². The van der Waals surface area contributed by atoms with E-state index in [-0.39, 0.29) is 19.0 Å². The molecule has 1 aromatic heterocycles. The van der Waals surface area contributed by atoms with E-state index in [0.717, 1.165) is 28.2 Å². The molecular weight excluding hydrogens is 372 g/mol. The number of aliphatic hydroxyl groups is 1. The molecule has 0 radical (unpaired) electrons. The van der Waals surface area contributed by atoms with Gasteiger partial charge in [-0.15, -0.1) is 12.4 Å². The van der Waals surface area contributed by atoms with Crippen LogP contribution in [0.2, 0.25) is 0 Å². The normalized spacial score (nSPS) is 15.1. The lowest BCUT2D eigenvalue weighted by atomic mass is 9.85. The monoisotopic (exact) mass is 400 g/mol. The van der Waals surface area contributed by atoms with Crippen molar-refractivity contribution >= 4 is 23.4 Å². The van der Waals surface area contributed by atoms with E-state index in [0.29, 0.717) is 12.5 Å². The summed E-state index contributed by atoms with van der Waals surface area (Å²) in [4.78, 5) is 4.85. The first-order valence-corrected chi connectivity index (χ1v) is 9.87. The van der Waals surface area contributed by atoms with Gasteiger partial charge in [0.1, 0.15) is 24.3 Å². The lowest BCUT2D eigenvalue weighted by Gasteiger charge is -2.26. The van der Waals surface area contributed by atoms with Crippen LogP contribution in [0.25, 0.3) is 11.0 Å². The molecule has 4 nitrogen and oxygen atoms in total. The van der Waals surface area contributed by atoms with Crippen molar-refractivity contribution < 1.29 is 9.84 Å². The Bertz CT molecular complexity index is 963. The molecule has 0 spiro atoms. The van der Waals surface area contributed by atoms with E-state index >= 15 is 0 Å². The van der Waals surface area contributed by atoms with Crippen LogP contribution in [-0.4, -0.2) is 27.4 Å². The quantitative estimate of drug-likeness (QED) is 0.626. The first kappa shape index (κ1) is 20.7. The highest BCUT2D eigenvalue weighted by molar-refractivity contribution is 5.85. The Labute approximate surface area is 173 Å². The van der Waals surface area contributed by atoms with Gasteiger partial charge in [-0.05, 0) is 68.5 Å². The van der Waals surface area contributed by atoms with Crippen molar-refractivity contribution in [3.63, 3.8) is 0 Å². The lowest BCUT2D eigenvalue weighted by molar-refractivity contribution is 0.0916. The molecule has 0 bridgehead atoms. The predicted molar refractivity (Wildman–Crippen MR) is 116 cm³/mol. The zero-order valence-corrected chi connectivity index (χ0v) is 17.6. The van der Waals surface area contributed by atoms with Crippen LogP contribution in [0, 0.1) is 20.8 Å². The van der Waals surface area contributed by atoms with Crippen molar-refractivity contribution in [1.82, 2.24) is 9.55 Å². The molecule has 0 saturated heterocycles. The van der Waals surface area contributed by atoms with Crippen LogP contribution in [-0.2, 0) is 6.54 Å². The van der Waals surface area contributed by atoms with Gasteiger partial charge in [0, 0.05) is 5.92 Å². The van der Waals surface area contributed by atoms with Gasteiger partial charge in [0.15, 0.2) is 0 Å². The Hall–Kier alpha value is -2.04. The van der Waals surface area contributed by atoms with Crippen LogP contribution in [0.1, 0.15) is 47.7 Å². The molecular formula is C23H29ClN2O2. The average Bonchev–Trinajstić information content (AvgIpc) is 2.93. The minimum absolute atomic E-state index is 0. The van der Waals surface area contributed by atoms with E-state index in [1.54, 1.807) is 0 Å². The van der Waals surface area contributed by atoms with Crippen LogP contribution in [0.4, 0.5) is 0 Å². The molecule has 5 heteroatoms. The predicted octanol–water partition coefficient (Wildman–Crippen LogP) is 5.09. The van der Waals surface area contributed by atoms with Crippen LogP contribution < -0.4 is 4.74 Å². The van der Waals surface area contributed by atoms with Gasteiger partial charge >= 0.3 is 0 Å². The molecule has 1 aliphatic rings. The Morgan fingerprint density at radius 2 is 1.93 bits per heavy atom. The molecule has 150 valence electrons. The van der Waals surface area contributed by atoms with Gasteiger partial charge in [0.2, 0.25) is 0 Å². The van der Waals surface area contributed by atoms with E-state index in [2.05, 4.69) is 43.5 Å². The highest BCUT2D eigenvalue weighted by Gasteiger charge is 2.26. The smallest absolute Gasteiger partial charge is 0.122 e. The number of ether oxygens (including phenoxy) is 1. The summed E-state index contributed by atoms with van der Waals surface area (Å²) in [5, 5.41) is 10.7. The second-order valence-corrected chi connectivity index (χ2v) is 7.87. The van der Waals surface area contributed by atoms with Gasteiger partial charge in [0.05, 0.1) is 17.6 Å². The maximum Gasteiger partial charge on any atom is 0.122 e. The summed E-state index contributed by atoms with van der Waals surface area (Å²) < 4.78 is 8.17. The van der Waals surface area contributed by atoms with Crippen LogP contribution in [0.3, 0.4) is 0 Å². The molecule has 28 heavy (non-hydrogen) atoms. The SMILES string of the molecule is Cc1cc(C)c(C)c(OCC(O)Cn2c(C3CCC3)nc3ccccc32)c1.Cl. The van der Waals surface area contributed by atoms with Gasteiger partial charge in [-0.1, -0.05) is 24.6 Å². The Morgan fingerprint density at radius 1 is 1.18 bits per heavy atom. The molecule has 1 N–H and O–H groups in total. The number of para-hydroxylation sites is 2. The number of hydrogen-bond donors (Lipinski definition) is 1. The summed E-state index contributed by atoms with van der Waals surface area (Å²) in [5.74, 6) is 2.50. The summed E-state index contributed by atoms with van der Waals surface area (Å²) in [5.41, 5.74) is 5.64. The van der Waals surface area contributed by atoms with E-state index in [4.69, 9.17) is 9.72 Å². The lowest BCUT2D eigenvalue weighted by Crippen LogP contribution is -2.26.